The van der Waals surface area contributed by atoms with E-state index in [-0.39, 0.29) is 18.2 Å². The van der Waals surface area contributed by atoms with Crippen LogP contribution in [0.25, 0.3) is 0 Å². The summed E-state index contributed by atoms with van der Waals surface area (Å²) in [5, 5.41) is 9.68. The normalized spacial score (nSPS) is 26.0. The molecule has 0 aliphatic carbocycles. The van der Waals surface area contributed by atoms with Gasteiger partial charge in [0.25, 0.3) is 0 Å². The summed E-state index contributed by atoms with van der Waals surface area (Å²) in [5.41, 5.74) is 0.960. The minimum absolute atomic E-state index is 0.242. The molecule has 2 heterocycles. The molecule has 0 aromatic heterocycles. The minimum atomic E-state index is -0.309. The van der Waals surface area contributed by atoms with E-state index < -0.39 is 0 Å². The van der Waals surface area contributed by atoms with Crippen molar-refractivity contribution in [3.05, 3.63) is 29.6 Å². The van der Waals surface area contributed by atoms with E-state index in [1.165, 1.54) is 33.0 Å². The van der Waals surface area contributed by atoms with Crippen molar-refractivity contribution in [3.63, 3.8) is 0 Å². The van der Waals surface area contributed by atoms with Gasteiger partial charge in [-0.1, -0.05) is 6.07 Å². The second-order valence-electron chi connectivity index (χ2n) is 6.87. The lowest BCUT2D eigenvalue weighted by Gasteiger charge is -2.23. The molecule has 0 amide bonds. The minimum Gasteiger partial charge on any atom is -0.494 e. The molecule has 1 aromatic carbocycles. The van der Waals surface area contributed by atoms with Gasteiger partial charge >= 0.3 is 0 Å². The van der Waals surface area contributed by atoms with E-state index in [1.807, 2.05) is 6.07 Å². The molecule has 0 bridgehead atoms. The molecule has 2 atom stereocenters. The van der Waals surface area contributed by atoms with Crippen molar-refractivity contribution in [2.45, 2.75) is 19.4 Å². The highest BCUT2D eigenvalue weighted by atomic mass is 19.1. The Bertz CT molecular complexity index is 520. The summed E-state index contributed by atoms with van der Waals surface area (Å²) < 4.78 is 18.8. The van der Waals surface area contributed by atoms with Crippen LogP contribution in [0.2, 0.25) is 0 Å². The van der Waals surface area contributed by atoms with Crippen molar-refractivity contribution in [2.75, 3.05) is 46.4 Å². The van der Waals surface area contributed by atoms with Gasteiger partial charge in [-0.15, -0.1) is 0 Å². The Morgan fingerprint density at radius 2 is 1.91 bits per heavy atom. The van der Waals surface area contributed by atoms with Crippen LogP contribution in [0, 0.1) is 17.7 Å². The van der Waals surface area contributed by atoms with Gasteiger partial charge in [0.15, 0.2) is 11.6 Å². The topological polar surface area (TPSA) is 35.9 Å². The highest BCUT2D eigenvalue weighted by molar-refractivity contribution is 5.29. The third-order valence-electron chi connectivity index (χ3n) is 5.20. The Morgan fingerprint density at radius 1 is 1.17 bits per heavy atom. The lowest BCUT2D eigenvalue weighted by molar-refractivity contribution is 0.175. The van der Waals surface area contributed by atoms with Crippen LogP contribution in [-0.2, 0) is 6.54 Å². The zero-order chi connectivity index (χ0) is 16.2. The molecule has 1 N–H and O–H groups in total. The van der Waals surface area contributed by atoms with Gasteiger partial charge in [0.05, 0.1) is 7.11 Å². The van der Waals surface area contributed by atoms with E-state index >= 15 is 0 Å². The van der Waals surface area contributed by atoms with E-state index in [2.05, 4.69) is 9.80 Å². The van der Waals surface area contributed by atoms with Crippen LogP contribution in [-0.4, -0.2) is 61.3 Å². The standard InChI is InChI=1S/C18H27FN2O2/c1-23-18-5-4-14(8-17(18)19)9-21-11-15(16(12-21)13-22)10-20-6-2-3-7-20/h4-5,8,15-16,22H,2-3,6-7,9-13H2,1H3/t15-,16-/m1/s1. The second-order valence-corrected chi connectivity index (χ2v) is 6.87. The summed E-state index contributed by atoms with van der Waals surface area (Å²) in [7, 11) is 1.48. The van der Waals surface area contributed by atoms with Gasteiger partial charge in [-0.2, -0.15) is 0 Å². The van der Waals surface area contributed by atoms with E-state index in [9.17, 15) is 9.50 Å². The molecule has 0 radical (unpaired) electrons. The summed E-state index contributed by atoms with van der Waals surface area (Å²) in [5.74, 6) is 0.826. The van der Waals surface area contributed by atoms with Crippen molar-refractivity contribution in [3.8, 4) is 5.75 Å². The maximum absolute atomic E-state index is 13.8. The Hall–Kier alpha value is -1.17. The van der Waals surface area contributed by atoms with E-state index in [0.29, 0.717) is 11.8 Å². The summed E-state index contributed by atoms with van der Waals surface area (Å²) in [4.78, 5) is 4.85. The highest BCUT2D eigenvalue weighted by Crippen LogP contribution is 2.27. The number of aliphatic hydroxyl groups excluding tert-OH is 1. The average Bonchev–Trinajstić information content (AvgIpc) is 3.18. The smallest absolute Gasteiger partial charge is 0.165 e. The summed E-state index contributed by atoms with van der Waals surface area (Å²) in [6, 6.07) is 5.16. The molecular formula is C18H27FN2O2. The Labute approximate surface area is 137 Å². The molecule has 2 aliphatic heterocycles. The van der Waals surface area contributed by atoms with Gasteiger partial charge in [-0.3, -0.25) is 4.90 Å². The Kier molecular flexibility index (Phi) is 5.51. The molecule has 4 nitrogen and oxygen atoms in total. The molecule has 128 valence electrons. The molecule has 2 fully saturated rings. The maximum Gasteiger partial charge on any atom is 0.165 e. The predicted octanol–water partition coefficient (Wildman–Crippen LogP) is 1.97. The molecule has 2 saturated heterocycles. The lowest BCUT2D eigenvalue weighted by Crippen LogP contribution is -2.31. The van der Waals surface area contributed by atoms with Crippen LogP contribution >= 0.6 is 0 Å². The summed E-state index contributed by atoms with van der Waals surface area (Å²) >= 11 is 0. The zero-order valence-corrected chi connectivity index (χ0v) is 13.9. The monoisotopic (exact) mass is 322 g/mol. The van der Waals surface area contributed by atoms with Crippen LogP contribution < -0.4 is 4.74 Å². The van der Waals surface area contributed by atoms with Crippen molar-refractivity contribution < 1.29 is 14.2 Å². The fourth-order valence-corrected chi connectivity index (χ4v) is 3.94. The van der Waals surface area contributed by atoms with Gasteiger partial charge in [0.1, 0.15) is 0 Å². The van der Waals surface area contributed by atoms with Gasteiger partial charge in [0, 0.05) is 32.8 Å². The van der Waals surface area contributed by atoms with Gasteiger partial charge in [-0.05, 0) is 55.5 Å². The molecular weight excluding hydrogens is 295 g/mol. The zero-order valence-electron chi connectivity index (χ0n) is 13.9. The van der Waals surface area contributed by atoms with Crippen LogP contribution in [0.3, 0.4) is 0 Å². The van der Waals surface area contributed by atoms with Crippen molar-refractivity contribution in [2.24, 2.45) is 11.8 Å². The van der Waals surface area contributed by atoms with E-state index in [4.69, 9.17) is 4.74 Å². The number of hydrogen-bond donors (Lipinski definition) is 1. The lowest BCUT2D eigenvalue weighted by atomic mass is 9.96. The number of halogens is 1. The van der Waals surface area contributed by atoms with E-state index in [0.717, 1.165) is 31.7 Å². The van der Waals surface area contributed by atoms with Crippen molar-refractivity contribution >= 4 is 0 Å². The van der Waals surface area contributed by atoms with Crippen molar-refractivity contribution in [1.29, 1.82) is 0 Å². The number of ether oxygens (including phenoxy) is 1. The molecule has 0 saturated carbocycles. The number of rotatable bonds is 6. The molecule has 0 spiro atoms. The average molecular weight is 322 g/mol. The first-order chi connectivity index (χ1) is 11.2. The first-order valence-electron chi connectivity index (χ1n) is 8.57. The molecule has 5 heteroatoms. The highest BCUT2D eigenvalue weighted by Gasteiger charge is 2.33. The fraction of sp³-hybridized carbons (Fsp3) is 0.667. The third-order valence-corrected chi connectivity index (χ3v) is 5.20. The Balaban J connectivity index is 1.59. The second kappa shape index (κ2) is 7.60. The van der Waals surface area contributed by atoms with Crippen molar-refractivity contribution in [1.82, 2.24) is 9.80 Å². The first-order valence-corrected chi connectivity index (χ1v) is 8.57. The van der Waals surface area contributed by atoms with E-state index in [1.54, 1.807) is 12.1 Å². The van der Waals surface area contributed by atoms with Crippen LogP contribution in [0.1, 0.15) is 18.4 Å². The molecule has 0 unspecified atom stereocenters. The van der Waals surface area contributed by atoms with Gasteiger partial charge in [-0.25, -0.2) is 4.39 Å². The largest absolute Gasteiger partial charge is 0.494 e. The SMILES string of the molecule is COc1ccc(CN2C[C@@H](CN3CCCC3)[C@@H](CO)C2)cc1F. The number of aliphatic hydroxyl groups is 1. The number of hydrogen-bond acceptors (Lipinski definition) is 4. The van der Waals surface area contributed by atoms with Crippen LogP contribution in [0.15, 0.2) is 18.2 Å². The number of nitrogens with zero attached hydrogens (tertiary/aromatic N) is 2. The molecule has 23 heavy (non-hydrogen) atoms. The van der Waals surface area contributed by atoms with Crippen LogP contribution in [0.4, 0.5) is 4.39 Å². The predicted molar refractivity (Wildman–Crippen MR) is 88.0 cm³/mol. The Morgan fingerprint density at radius 3 is 2.57 bits per heavy atom. The number of benzene rings is 1. The van der Waals surface area contributed by atoms with Crippen LogP contribution in [0.5, 0.6) is 5.75 Å². The number of methoxy groups -OCH3 is 1. The molecule has 1 aromatic rings. The number of likely N-dealkylation sites (tertiary alicyclic amines) is 2. The molecule has 3 rings (SSSR count). The first kappa shape index (κ1) is 16.7. The quantitative estimate of drug-likeness (QED) is 0.869. The van der Waals surface area contributed by atoms with Gasteiger partial charge in [0.2, 0.25) is 0 Å². The third kappa shape index (κ3) is 4.03. The maximum atomic E-state index is 13.8. The summed E-state index contributed by atoms with van der Waals surface area (Å²) in [6.07, 6.45) is 2.59. The van der Waals surface area contributed by atoms with Gasteiger partial charge < -0.3 is 14.7 Å². The summed E-state index contributed by atoms with van der Waals surface area (Å²) in [6.45, 7) is 6.31. The molecule has 2 aliphatic rings. The fourth-order valence-electron chi connectivity index (χ4n) is 3.94.